The van der Waals surface area contributed by atoms with Gasteiger partial charge in [0.25, 0.3) is 0 Å². The highest BCUT2D eigenvalue weighted by Gasteiger charge is 2.07. The Morgan fingerprint density at radius 1 is 1.05 bits per heavy atom. The van der Waals surface area contributed by atoms with Crippen LogP contribution in [0.3, 0.4) is 0 Å². The maximum atomic E-state index is 12.0. The van der Waals surface area contributed by atoms with Gasteiger partial charge in [-0.05, 0) is 49.2 Å². The highest BCUT2D eigenvalue weighted by atomic mass is 35.5. The molecule has 0 aliphatic carbocycles. The van der Waals surface area contributed by atoms with Gasteiger partial charge in [0, 0.05) is 10.7 Å². The predicted octanol–water partition coefficient (Wildman–Crippen LogP) is 4.66. The molecule has 2 aromatic rings. The minimum absolute atomic E-state index is 0.144. The molecule has 2 aromatic carbocycles. The molecule has 0 atom stereocenters. The third kappa shape index (κ3) is 4.38. The van der Waals surface area contributed by atoms with Gasteiger partial charge in [-0.3, -0.25) is 4.79 Å². The summed E-state index contributed by atoms with van der Waals surface area (Å²) in [5.41, 5.74) is 3.52. The molecule has 0 aliphatic heterocycles. The standard InChI is InChI=1S/C16H16Cl2N2O/c1-10-3-6-14(13(18)7-10)20-16(21)9-19-15-8-12(17)5-4-11(15)2/h3-8,19H,9H2,1-2H3,(H,20,21). The van der Waals surface area contributed by atoms with E-state index in [0.717, 1.165) is 16.8 Å². The monoisotopic (exact) mass is 322 g/mol. The number of amides is 1. The Labute approximate surface area is 134 Å². The van der Waals surface area contributed by atoms with Gasteiger partial charge in [0.1, 0.15) is 0 Å². The van der Waals surface area contributed by atoms with Gasteiger partial charge in [-0.25, -0.2) is 0 Å². The number of aryl methyl sites for hydroxylation is 2. The lowest BCUT2D eigenvalue weighted by Crippen LogP contribution is -2.22. The number of benzene rings is 2. The molecule has 0 saturated heterocycles. The molecule has 110 valence electrons. The van der Waals surface area contributed by atoms with Crippen LogP contribution in [0.5, 0.6) is 0 Å². The number of anilines is 2. The van der Waals surface area contributed by atoms with Gasteiger partial charge in [-0.15, -0.1) is 0 Å². The van der Waals surface area contributed by atoms with Crippen LogP contribution >= 0.6 is 23.2 Å². The lowest BCUT2D eigenvalue weighted by molar-refractivity contribution is -0.114. The summed E-state index contributed by atoms with van der Waals surface area (Å²) in [6.45, 7) is 4.04. The first kappa shape index (κ1) is 15.7. The van der Waals surface area contributed by atoms with E-state index >= 15 is 0 Å². The van der Waals surface area contributed by atoms with Crippen LogP contribution in [-0.4, -0.2) is 12.5 Å². The molecule has 0 radical (unpaired) electrons. The van der Waals surface area contributed by atoms with Crippen LogP contribution in [0, 0.1) is 13.8 Å². The molecule has 0 heterocycles. The third-order valence-corrected chi connectivity index (χ3v) is 3.59. The van der Waals surface area contributed by atoms with Crippen molar-refractivity contribution in [2.45, 2.75) is 13.8 Å². The average molecular weight is 323 g/mol. The SMILES string of the molecule is Cc1ccc(NC(=O)CNc2cc(Cl)ccc2C)c(Cl)c1. The Morgan fingerprint density at radius 2 is 1.81 bits per heavy atom. The number of hydrogen-bond donors (Lipinski definition) is 2. The Hall–Kier alpha value is -1.71. The van der Waals surface area contributed by atoms with Crippen molar-refractivity contribution in [1.29, 1.82) is 0 Å². The topological polar surface area (TPSA) is 41.1 Å². The fraction of sp³-hybridized carbons (Fsp3) is 0.188. The second-order valence-corrected chi connectivity index (χ2v) is 5.69. The fourth-order valence-corrected chi connectivity index (χ4v) is 2.33. The predicted molar refractivity (Wildman–Crippen MR) is 89.5 cm³/mol. The quantitative estimate of drug-likeness (QED) is 0.859. The Bertz CT molecular complexity index is 671. The average Bonchev–Trinajstić information content (AvgIpc) is 2.43. The van der Waals surface area contributed by atoms with E-state index in [1.807, 2.05) is 38.1 Å². The van der Waals surface area contributed by atoms with Gasteiger partial charge in [0.2, 0.25) is 5.91 Å². The molecule has 2 N–H and O–H groups in total. The van der Waals surface area contributed by atoms with Gasteiger partial charge >= 0.3 is 0 Å². The molecular formula is C16H16Cl2N2O. The van der Waals surface area contributed by atoms with Gasteiger partial charge in [0.15, 0.2) is 0 Å². The molecule has 0 unspecified atom stereocenters. The van der Waals surface area contributed by atoms with Gasteiger partial charge < -0.3 is 10.6 Å². The summed E-state index contributed by atoms with van der Waals surface area (Å²) in [6, 6.07) is 11.0. The van der Waals surface area contributed by atoms with Crippen molar-refractivity contribution in [1.82, 2.24) is 0 Å². The van der Waals surface area contributed by atoms with Crippen molar-refractivity contribution >= 4 is 40.5 Å². The highest BCUT2D eigenvalue weighted by Crippen LogP contribution is 2.23. The molecule has 0 aromatic heterocycles. The lowest BCUT2D eigenvalue weighted by atomic mass is 10.2. The second-order valence-electron chi connectivity index (χ2n) is 4.84. The Morgan fingerprint density at radius 3 is 2.52 bits per heavy atom. The number of carbonyl (C=O) groups is 1. The van der Waals surface area contributed by atoms with Crippen molar-refractivity contribution in [2.24, 2.45) is 0 Å². The van der Waals surface area contributed by atoms with Crippen LogP contribution in [0.4, 0.5) is 11.4 Å². The lowest BCUT2D eigenvalue weighted by Gasteiger charge is -2.11. The molecule has 21 heavy (non-hydrogen) atoms. The maximum absolute atomic E-state index is 12.0. The van der Waals surface area contributed by atoms with Crippen LogP contribution in [0.25, 0.3) is 0 Å². The van der Waals surface area contributed by atoms with E-state index in [1.54, 1.807) is 12.1 Å². The zero-order valence-corrected chi connectivity index (χ0v) is 13.3. The van der Waals surface area contributed by atoms with Crippen molar-refractivity contribution in [3.05, 3.63) is 57.6 Å². The highest BCUT2D eigenvalue weighted by molar-refractivity contribution is 6.33. The number of hydrogen-bond acceptors (Lipinski definition) is 2. The number of nitrogens with one attached hydrogen (secondary N) is 2. The Kier molecular flexibility index (Phi) is 5.10. The van der Waals surface area contributed by atoms with E-state index in [1.165, 1.54) is 0 Å². The van der Waals surface area contributed by atoms with Crippen LogP contribution in [0.2, 0.25) is 10.0 Å². The van der Waals surface area contributed by atoms with E-state index in [0.29, 0.717) is 15.7 Å². The van der Waals surface area contributed by atoms with E-state index in [-0.39, 0.29) is 12.5 Å². The summed E-state index contributed by atoms with van der Waals surface area (Å²) in [7, 11) is 0. The number of rotatable bonds is 4. The van der Waals surface area contributed by atoms with Crippen molar-refractivity contribution in [3.8, 4) is 0 Å². The molecular weight excluding hydrogens is 307 g/mol. The molecule has 0 aliphatic rings. The molecule has 0 saturated carbocycles. The second kappa shape index (κ2) is 6.83. The molecule has 5 heteroatoms. The largest absolute Gasteiger partial charge is 0.376 e. The first-order chi connectivity index (χ1) is 9.95. The maximum Gasteiger partial charge on any atom is 0.243 e. The molecule has 3 nitrogen and oxygen atoms in total. The summed E-state index contributed by atoms with van der Waals surface area (Å²) in [4.78, 5) is 12.0. The first-order valence-corrected chi connectivity index (χ1v) is 7.27. The van der Waals surface area contributed by atoms with Crippen LogP contribution in [0.15, 0.2) is 36.4 Å². The van der Waals surface area contributed by atoms with E-state index in [4.69, 9.17) is 23.2 Å². The zero-order valence-electron chi connectivity index (χ0n) is 11.8. The molecule has 0 bridgehead atoms. The molecule has 1 amide bonds. The van der Waals surface area contributed by atoms with E-state index < -0.39 is 0 Å². The number of carbonyl (C=O) groups excluding carboxylic acids is 1. The fourth-order valence-electron chi connectivity index (χ4n) is 1.88. The normalized spacial score (nSPS) is 10.3. The molecule has 0 spiro atoms. The Balaban J connectivity index is 1.97. The van der Waals surface area contributed by atoms with Crippen molar-refractivity contribution in [3.63, 3.8) is 0 Å². The van der Waals surface area contributed by atoms with Crippen LogP contribution in [0.1, 0.15) is 11.1 Å². The summed E-state index contributed by atoms with van der Waals surface area (Å²) in [5, 5.41) is 7.00. The molecule has 2 rings (SSSR count). The van der Waals surface area contributed by atoms with E-state index in [9.17, 15) is 4.79 Å². The van der Waals surface area contributed by atoms with Crippen LogP contribution in [-0.2, 0) is 4.79 Å². The van der Waals surface area contributed by atoms with Crippen molar-refractivity contribution < 1.29 is 4.79 Å². The first-order valence-electron chi connectivity index (χ1n) is 6.52. The number of halogens is 2. The molecule has 0 fully saturated rings. The smallest absolute Gasteiger partial charge is 0.243 e. The summed E-state index contributed by atoms with van der Waals surface area (Å²) in [5.74, 6) is -0.167. The van der Waals surface area contributed by atoms with Gasteiger partial charge in [-0.1, -0.05) is 35.3 Å². The van der Waals surface area contributed by atoms with Gasteiger partial charge in [-0.2, -0.15) is 0 Å². The minimum atomic E-state index is -0.167. The zero-order chi connectivity index (χ0) is 15.4. The summed E-state index contributed by atoms with van der Waals surface area (Å²) >= 11 is 12.0. The summed E-state index contributed by atoms with van der Waals surface area (Å²) in [6.07, 6.45) is 0. The van der Waals surface area contributed by atoms with E-state index in [2.05, 4.69) is 10.6 Å². The summed E-state index contributed by atoms with van der Waals surface area (Å²) < 4.78 is 0. The van der Waals surface area contributed by atoms with Crippen molar-refractivity contribution in [2.75, 3.05) is 17.2 Å². The minimum Gasteiger partial charge on any atom is -0.376 e. The third-order valence-electron chi connectivity index (χ3n) is 3.04. The van der Waals surface area contributed by atoms with Crippen LogP contribution < -0.4 is 10.6 Å². The van der Waals surface area contributed by atoms with Gasteiger partial charge in [0.05, 0.1) is 17.3 Å².